The van der Waals surface area contributed by atoms with E-state index in [1.54, 1.807) is 4.90 Å². The molecule has 0 bridgehead atoms. The molecule has 0 aromatic heterocycles. The molecule has 1 aliphatic heterocycles. The maximum atomic E-state index is 12.4. The zero-order valence-corrected chi connectivity index (χ0v) is 14.5. The molecule has 5 heteroatoms. The Morgan fingerprint density at radius 1 is 1.39 bits per heavy atom. The molecule has 2 rings (SSSR count). The number of nitrogens with zero attached hydrogens (tertiary/aromatic N) is 2. The first-order chi connectivity index (χ1) is 10.8. The Hall–Kier alpha value is -1.59. The van der Waals surface area contributed by atoms with Gasteiger partial charge >= 0.3 is 6.09 Å². The van der Waals surface area contributed by atoms with Gasteiger partial charge < -0.3 is 14.8 Å². The van der Waals surface area contributed by atoms with Gasteiger partial charge in [-0.15, -0.1) is 0 Å². The van der Waals surface area contributed by atoms with Crippen molar-refractivity contribution in [2.24, 2.45) is 0 Å². The summed E-state index contributed by atoms with van der Waals surface area (Å²) in [4.78, 5) is 14.1. The maximum absolute atomic E-state index is 12.4. The van der Waals surface area contributed by atoms with Gasteiger partial charge in [0.1, 0.15) is 5.60 Å². The van der Waals surface area contributed by atoms with Crippen LogP contribution in [0.25, 0.3) is 0 Å². The van der Waals surface area contributed by atoms with Crippen LogP contribution in [0.3, 0.4) is 0 Å². The summed E-state index contributed by atoms with van der Waals surface area (Å²) in [5.74, 6) is 0. The Labute approximate surface area is 138 Å². The molecular formula is C18H28N2O3. The van der Waals surface area contributed by atoms with Gasteiger partial charge in [0.25, 0.3) is 0 Å². The summed E-state index contributed by atoms with van der Waals surface area (Å²) in [6, 6.07) is 9.65. The van der Waals surface area contributed by atoms with E-state index in [1.807, 2.05) is 58.0 Å². The quantitative estimate of drug-likeness (QED) is 0.860. The topological polar surface area (TPSA) is 53.0 Å². The summed E-state index contributed by atoms with van der Waals surface area (Å²) in [5, 5.41) is 11.7. The predicted octanol–water partition coefficient (Wildman–Crippen LogP) is 3.67. The number of hydrogen-bond acceptors (Lipinski definition) is 4. The van der Waals surface area contributed by atoms with Crippen molar-refractivity contribution in [1.82, 2.24) is 9.96 Å². The van der Waals surface area contributed by atoms with Gasteiger partial charge in [0.2, 0.25) is 0 Å². The van der Waals surface area contributed by atoms with E-state index in [-0.39, 0.29) is 18.2 Å². The molecule has 23 heavy (non-hydrogen) atoms. The number of rotatable bonds is 4. The fourth-order valence-electron chi connectivity index (χ4n) is 2.95. The van der Waals surface area contributed by atoms with Gasteiger partial charge in [-0.2, -0.15) is 5.06 Å². The average Bonchev–Trinajstić information content (AvgIpc) is 2.95. The van der Waals surface area contributed by atoms with Crippen molar-refractivity contribution >= 4 is 6.09 Å². The van der Waals surface area contributed by atoms with E-state index in [9.17, 15) is 10.0 Å². The van der Waals surface area contributed by atoms with Gasteiger partial charge in [0, 0.05) is 13.1 Å². The minimum atomic E-state index is -0.504. The molecule has 128 valence electrons. The van der Waals surface area contributed by atoms with E-state index in [4.69, 9.17) is 4.74 Å². The van der Waals surface area contributed by atoms with Crippen LogP contribution in [-0.2, 0) is 11.3 Å². The van der Waals surface area contributed by atoms with Crippen LogP contribution >= 0.6 is 0 Å². The first-order valence-electron chi connectivity index (χ1n) is 8.27. The van der Waals surface area contributed by atoms with E-state index in [0.717, 1.165) is 18.4 Å². The standard InChI is InChI=1S/C18H28N2O3/c1-14(20(22)13-15-9-6-5-7-10-15)16-11-8-12-19(16)17(21)23-18(2,3)4/h5-7,9-10,14,16,22H,8,11-13H2,1-4H3. The highest BCUT2D eigenvalue weighted by Gasteiger charge is 2.37. The van der Waals surface area contributed by atoms with Crippen LogP contribution in [-0.4, -0.2) is 45.5 Å². The lowest BCUT2D eigenvalue weighted by Gasteiger charge is -2.34. The third-order valence-electron chi connectivity index (χ3n) is 4.14. The van der Waals surface area contributed by atoms with Gasteiger partial charge in [-0.25, -0.2) is 4.79 Å². The smallest absolute Gasteiger partial charge is 0.410 e. The lowest BCUT2D eigenvalue weighted by Crippen LogP contribution is -2.49. The number of carbonyl (C=O) groups excluding carboxylic acids is 1. The van der Waals surface area contributed by atoms with Crippen LogP contribution < -0.4 is 0 Å². The minimum absolute atomic E-state index is 0.0291. The zero-order valence-electron chi connectivity index (χ0n) is 14.5. The van der Waals surface area contributed by atoms with Crippen LogP contribution in [0.4, 0.5) is 4.79 Å². The SMILES string of the molecule is CC(C1CCCN1C(=O)OC(C)(C)C)N(O)Cc1ccccc1. The van der Waals surface area contributed by atoms with Crippen LogP contribution in [0.15, 0.2) is 30.3 Å². The van der Waals surface area contributed by atoms with Gasteiger partial charge in [-0.1, -0.05) is 30.3 Å². The highest BCUT2D eigenvalue weighted by Crippen LogP contribution is 2.25. The molecule has 0 aliphatic carbocycles. The molecule has 1 saturated heterocycles. The first-order valence-corrected chi connectivity index (χ1v) is 8.27. The Bertz CT molecular complexity index is 513. The third kappa shape index (κ3) is 4.94. The highest BCUT2D eigenvalue weighted by atomic mass is 16.6. The van der Waals surface area contributed by atoms with Gasteiger partial charge in [-0.05, 0) is 46.1 Å². The molecular weight excluding hydrogens is 292 g/mol. The van der Waals surface area contributed by atoms with Crippen molar-refractivity contribution in [3.63, 3.8) is 0 Å². The molecule has 0 radical (unpaired) electrons. The summed E-state index contributed by atoms with van der Waals surface area (Å²) in [7, 11) is 0. The second-order valence-corrected chi connectivity index (χ2v) is 7.21. The van der Waals surface area contributed by atoms with E-state index in [0.29, 0.717) is 13.1 Å². The number of amides is 1. The molecule has 0 spiro atoms. The summed E-state index contributed by atoms with van der Waals surface area (Å²) in [6.07, 6.45) is 1.53. The Balaban J connectivity index is 1.99. The summed E-state index contributed by atoms with van der Waals surface area (Å²) in [5.41, 5.74) is 0.541. The Kier molecular flexibility index (Phi) is 5.65. The monoisotopic (exact) mass is 320 g/mol. The molecule has 1 amide bonds. The molecule has 1 N–H and O–H groups in total. The van der Waals surface area contributed by atoms with E-state index >= 15 is 0 Å². The molecule has 1 fully saturated rings. The normalized spacial score (nSPS) is 19.9. The second kappa shape index (κ2) is 7.32. The highest BCUT2D eigenvalue weighted by molar-refractivity contribution is 5.69. The molecule has 1 aliphatic rings. The zero-order chi connectivity index (χ0) is 17.0. The molecule has 2 unspecified atom stereocenters. The van der Waals surface area contributed by atoms with Gasteiger partial charge in [0.05, 0.1) is 12.1 Å². The Morgan fingerprint density at radius 3 is 2.65 bits per heavy atom. The number of benzene rings is 1. The molecule has 1 heterocycles. The summed E-state index contributed by atoms with van der Waals surface area (Å²) in [6.45, 7) is 8.69. The van der Waals surface area contributed by atoms with Crippen LogP contribution in [0.5, 0.6) is 0 Å². The number of likely N-dealkylation sites (tertiary alicyclic amines) is 1. The number of hydrogen-bond donors (Lipinski definition) is 1. The minimum Gasteiger partial charge on any atom is -0.444 e. The number of ether oxygens (including phenoxy) is 1. The van der Waals surface area contributed by atoms with Crippen LogP contribution in [0.1, 0.15) is 46.1 Å². The Morgan fingerprint density at radius 2 is 2.04 bits per heavy atom. The molecule has 5 nitrogen and oxygen atoms in total. The summed E-state index contributed by atoms with van der Waals surface area (Å²) >= 11 is 0. The number of carbonyl (C=O) groups is 1. The van der Waals surface area contributed by atoms with Crippen LogP contribution in [0, 0.1) is 0 Å². The molecule has 2 atom stereocenters. The van der Waals surface area contributed by atoms with E-state index < -0.39 is 5.60 Å². The maximum Gasteiger partial charge on any atom is 0.410 e. The van der Waals surface area contributed by atoms with Crippen molar-refractivity contribution in [1.29, 1.82) is 0 Å². The third-order valence-corrected chi connectivity index (χ3v) is 4.14. The fraction of sp³-hybridized carbons (Fsp3) is 0.611. The van der Waals surface area contributed by atoms with Crippen molar-refractivity contribution in [2.45, 2.75) is 64.8 Å². The van der Waals surface area contributed by atoms with E-state index in [2.05, 4.69) is 0 Å². The average molecular weight is 320 g/mol. The van der Waals surface area contributed by atoms with Crippen molar-refractivity contribution in [2.75, 3.05) is 6.54 Å². The van der Waals surface area contributed by atoms with Crippen molar-refractivity contribution in [3.05, 3.63) is 35.9 Å². The van der Waals surface area contributed by atoms with Gasteiger partial charge in [0.15, 0.2) is 0 Å². The molecule has 1 aromatic carbocycles. The second-order valence-electron chi connectivity index (χ2n) is 7.21. The lowest BCUT2D eigenvalue weighted by atomic mass is 10.1. The number of hydroxylamine groups is 2. The van der Waals surface area contributed by atoms with Crippen molar-refractivity contribution < 1.29 is 14.7 Å². The molecule has 0 saturated carbocycles. The predicted molar refractivity (Wildman–Crippen MR) is 89.2 cm³/mol. The van der Waals surface area contributed by atoms with Crippen molar-refractivity contribution in [3.8, 4) is 0 Å². The first kappa shape index (κ1) is 17.8. The molecule has 1 aromatic rings. The summed E-state index contributed by atoms with van der Waals surface area (Å²) < 4.78 is 5.49. The largest absolute Gasteiger partial charge is 0.444 e. The van der Waals surface area contributed by atoms with E-state index in [1.165, 1.54) is 5.06 Å². The fourth-order valence-corrected chi connectivity index (χ4v) is 2.95. The lowest BCUT2D eigenvalue weighted by molar-refractivity contribution is -0.145. The van der Waals surface area contributed by atoms with Gasteiger partial charge in [-0.3, -0.25) is 0 Å². The van der Waals surface area contributed by atoms with Crippen LogP contribution in [0.2, 0.25) is 0 Å².